The van der Waals surface area contributed by atoms with Gasteiger partial charge >= 0.3 is 0 Å². The molecule has 4 rings (SSSR count). The van der Waals surface area contributed by atoms with E-state index in [0.717, 1.165) is 29.5 Å². The van der Waals surface area contributed by atoms with Crippen LogP contribution in [0.1, 0.15) is 55.9 Å². The molecule has 1 amide bonds. The maximum atomic E-state index is 12.3. The molecular formula is C19H26N4OS2. The second-order valence-electron chi connectivity index (χ2n) is 7.51. The third-order valence-corrected chi connectivity index (χ3v) is 7.65. The number of thiophene rings is 1. The maximum absolute atomic E-state index is 12.3. The van der Waals surface area contributed by atoms with Crippen molar-refractivity contribution in [1.82, 2.24) is 15.3 Å². The second kappa shape index (κ2) is 7.72. The van der Waals surface area contributed by atoms with E-state index in [1.54, 1.807) is 11.3 Å². The average molecular weight is 391 g/mol. The lowest BCUT2D eigenvalue weighted by Gasteiger charge is -2.29. The van der Waals surface area contributed by atoms with E-state index in [2.05, 4.69) is 22.2 Å². The Kier molecular flexibility index (Phi) is 5.36. The molecule has 140 valence electrons. The highest BCUT2D eigenvalue weighted by molar-refractivity contribution is 7.99. The molecule has 5 nitrogen and oxygen atoms in total. The van der Waals surface area contributed by atoms with Crippen molar-refractivity contribution in [2.75, 3.05) is 11.5 Å². The van der Waals surface area contributed by atoms with Crippen molar-refractivity contribution in [3.63, 3.8) is 0 Å². The summed E-state index contributed by atoms with van der Waals surface area (Å²) in [6.07, 6.45) is 9.45. The lowest BCUT2D eigenvalue weighted by Crippen LogP contribution is -2.41. The summed E-state index contributed by atoms with van der Waals surface area (Å²) < 4.78 is 0. The monoisotopic (exact) mass is 390 g/mol. The Balaban J connectivity index is 1.43. The number of anilines is 1. The van der Waals surface area contributed by atoms with E-state index in [-0.39, 0.29) is 5.91 Å². The van der Waals surface area contributed by atoms with E-state index >= 15 is 0 Å². The second-order valence-corrected chi connectivity index (χ2v) is 9.53. The molecule has 7 heteroatoms. The molecule has 0 aliphatic heterocycles. The minimum atomic E-state index is 0.0708. The number of carbonyl (C=O) groups excluding carboxylic acids is 1. The standard InChI is InChI=1S/C19H26N4OS2/c1-11-6-2-4-8-13(11)21-15(24)10-25-19-22-17(20)16-12-7-3-5-9-14(12)26-18(16)23-19/h11,13H,2-10H2,1H3,(H,21,24)(H2,20,22,23)/t11-,13+/m1/s1. The normalized spacial score (nSPS) is 23.0. The summed E-state index contributed by atoms with van der Waals surface area (Å²) >= 11 is 3.13. The fraction of sp³-hybridized carbons (Fsp3) is 0.632. The van der Waals surface area contributed by atoms with Crippen LogP contribution in [0.25, 0.3) is 10.2 Å². The number of aromatic nitrogens is 2. The number of carbonyl (C=O) groups is 1. The van der Waals surface area contributed by atoms with Crippen molar-refractivity contribution in [3.8, 4) is 0 Å². The first-order chi connectivity index (χ1) is 12.6. The van der Waals surface area contributed by atoms with Crippen molar-refractivity contribution >= 4 is 45.0 Å². The van der Waals surface area contributed by atoms with Crippen molar-refractivity contribution in [3.05, 3.63) is 10.4 Å². The van der Waals surface area contributed by atoms with Crippen molar-refractivity contribution in [2.45, 2.75) is 69.5 Å². The highest BCUT2D eigenvalue weighted by Crippen LogP contribution is 2.38. The van der Waals surface area contributed by atoms with Gasteiger partial charge in [-0.15, -0.1) is 11.3 Å². The minimum Gasteiger partial charge on any atom is -0.383 e. The van der Waals surface area contributed by atoms with Crippen LogP contribution in [0.2, 0.25) is 0 Å². The number of rotatable bonds is 4. The molecule has 0 radical (unpaired) electrons. The Morgan fingerprint density at radius 1 is 1.23 bits per heavy atom. The molecule has 26 heavy (non-hydrogen) atoms. The first-order valence-electron chi connectivity index (χ1n) is 9.61. The molecule has 0 saturated heterocycles. The van der Waals surface area contributed by atoms with Crippen LogP contribution in [0.5, 0.6) is 0 Å². The van der Waals surface area contributed by atoms with Crippen LogP contribution < -0.4 is 11.1 Å². The molecule has 3 N–H and O–H groups in total. The summed E-state index contributed by atoms with van der Waals surface area (Å²) in [4.78, 5) is 23.9. The molecule has 0 spiro atoms. The predicted molar refractivity (Wildman–Crippen MR) is 109 cm³/mol. The molecule has 0 aromatic carbocycles. The van der Waals surface area contributed by atoms with Gasteiger partial charge in [0.25, 0.3) is 0 Å². The predicted octanol–water partition coefficient (Wildman–Crippen LogP) is 3.94. The van der Waals surface area contributed by atoms with Crippen molar-refractivity contribution in [2.24, 2.45) is 5.92 Å². The van der Waals surface area contributed by atoms with E-state index in [9.17, 15) is 4.79 Å². The Morgan fingerprint density at radius 3 is 2.88 bits per heavy atom. The zero-order valence-corrected chi connectivity index (χ0v) is 16.8. The minimum absolute atomic E-state index is 0.0708. The van der Waals surface area contributed by atoms with Gasteiger partial charge in [0.2, 0.25) is 5.91 Å². The largest absolute Gasteiger partial charge is 0.383 e. The van der Waals surface area contributed by atoms with Crippen LogP contribution in [0.15, 0.2) is 5.16 Å². The summed E-state index contributed by atoms with van der Waals surface area (Å²) in [5, 5.41) is 4.85. The molecule has 2 aromatic rings. The Hall–Kier alpha value is -1.34. The fourth-order valence-electron chi connectivity index (χ4n) is 4.14. The van der Waals surface area contributed by atoms with Crippen LogP contribution in [0.3, 0.4) is 0 Å². The number of thioether (sulfide) groups is 1. The van der Waals surface area contributed by atoms with E-state index in [1.807, 2.05) is 0 Å². The summed E-state index contributed by atoms with van der Waals surface area (Å²) in [6.45, 7) is 2.23. The van der Waals surface area contributed by atoms with Gasteiger partial charge in [0.1, 0.15) is 10.6 Å². The number of nitrogens with zero attached hydrogens (tertiary/aromatic N) is 2. The fourth-order valence-corrected chi connectivity index (χ4v) is 6.13. The SMILES string of the molecule is C[C@@H]1CCCC[C@@H]1NC(=O)CSc1nc(N)c2c3c(sc2n1)CCCC3. The zero-order chi connectivity index (χ0) is 18.1. The van der Waals surface area contributed by atoms with Crippen LogP contribution in [-0.2, 0) is 17.6 Å². The first kappa shape index (κ1) is 18.0. The number of aryl methyl sites for hydroxylation is 2. The van der Waals surface area contributed by atoms with Crippen molar-refractivity contribution in [1.29, 1.82) is 0 Å². The molecule has 0 bridgehead atoms. The molecule has 0 unspecified atom stereocenters. The first-order valence-corrected chi connectivity index (χ1v) is 11.4. The van der Waals surface area contributed by atoms with Crippen LogP contribution in [-0.4, -0.2) is 27.7 Å². The van der Waals surface area contributed by atoms with Gasteiger partial charge in [0.05, 0.1) is 11.1 Å². The van der Waals surface area contributed by atoms with E-state index in [4.69, 9.17) is 5.73 Å². The number of fused-ring (bicyclic) bond motifs is 3. The lowest BCUT2D eigenvalue weighted by molar-refractivity contribution is -0.119. The van der Waals surface area contributed by atoms with E-state index < -0.39 is 0 Å². The molecule has 1 saturated carbocycles. The summed E-state index contributed by atoms with van der Waals surface area (Å²) in [6, 6.07) is 0.314. The third-order valence-electron chi connectivity index (χ3n) is 5.61. The third kappa shape index (κ3) is 3.69. The number of nitrogen functional groups attached to an aromatic ring is 1. The van der Waals surface area contributed by atoms with Gasteiger partial charge in [-0.3, -0.25) is 4.79 Å². The molecule has 2 aliphatic rings. The quantitative estimate of drug-likeness (QED) is 0.610. The summed E-state index contributed by atoms with van der Waals surface area (Å²) in [5.41, 5.74) is 7.60. The highest BCUT2D eigenvalue weighted by atomic mass is 32.2. The number of hydrogen-bond acceptors (Lipinski definition) is 6. The lowest BCUT2D eigenvalue weighted by atomic mass is 9.86. The smallest absolute Gasteiger partial charge is 0.230 e. The number of amides is 1. The van der Waals surface area contributed by atoms with Crippen molar-refractivity contribution < 1.29 is 4.79 Å². The van der Waals surface area contributed by atoms with Gasteiger partial charge < -0.3 is 11.1 Å². The van der Waals surface area contributed by atoms with E-state index in [1.165, 1.54) is 54.3 Å². The molecule has 2 aromatic heterocycles. The molecule has 2 heterocycles. The average Bonchev–Trinajstić information content (AvgIpc) is 3.01. The number of nitrogens with two attached hydrogens (primary N) is 1. The van der Waals surface area contributed by atoms with Gasteiger partial charge in [-0.2, -0.15) is 0 Å². The van der Waals surface area contributed by atoms with Crippen LogP contribution >= 0.6 is 23.1 Å². The number of hydrogen-bond donors (Lipinski definition) is 2. The van der Waals surface area contributed by atoms with Gasteiger partial charge in [0.15, 0.2) is 5.16 Å². The highest BCUT2D eigenvalue weighted by Gasteiger charge is 2.23. The van der Waals surface area contributed by atoms with Gasteiger partial charge in [-0.1, -0.05) is 31.5 Å². The number of nitrogens with one attached hydrogen (secondary N) is 1. The van der Waals surface area contributed by atoms with Gasteiger partial charge in [-0.25, -0.2) is 9.97 Å². The maximum Gasteiger partial charge on any atom is 0.230 e. The Morgan fingerprint density at radius 2 is 2.04 bits per heavy atom. The molecule has 2 atom stereocenters. The molecular weight excluding hydrogens is 364 g/mol. The van der Waals surface area contributed by atoms with Crippen LogP contribution in [0.4, 0.5) is 5.82 Å². The topological polar surface area (TPSA) is 80.9 Å². The summed E-state index contributed by atoms with van der Waals surface area (Å²) in [7, 11) is 0. The Bertz CT molecular complexity index is 819. The van der Waals surface area contributed by atoms with Gasteiger partial charge in [-0.05, 0) is 50.0 Å². The Labute approximate surface area is 162 Å². The van der Waals surface area contributed by atoms with Gasteiger partial charge in [0, 0.05) is 10.9 Å². The molecule has 2 aliphatic carbocycles. The summed E-state index contributed by atoms with van der Waals surface area (Å²) in [5.74, 6) is 1.55. The van der Waals surface area contributed by atoms with Crippen LogP contribution in [0, 0.1) is 5.92 Å². The zero-order valence-electron chi connectivity index (χ0n) is 15.2. The van der Waals surface area contributed by atoms with E-state index in [0.29, 0.717) is 28.7 Å². The molecule has 1 fully saturated rings.